The quantitative estimate of drug-likeness (QED) is 0.779. The standard InChI is InChI=1S/C14H18N4O2S/c1-21(19,20)16-8-10-2-4-11(5-3-10)14-17-12-6-7-15-9-13(12)18-14/h2-5,15-16H,6-9H2,1H3,(H,17,18). The first kappa shape index (κ1) is 14.2. The average Bonchev–Trinajstić information content (AvgIpc) is 2.89. The van der Waals surface area contributed by atoms with Crippen molar-refractivity contribution in [3.63, 3.8) is 0 Å². The minimum Gasteiger partial charge on any atom is -0.341 e. The number of aromatic amines is 1. The van der Waals surface area contributed by atoms with Gasteiger partial charge in [0.25, 0.3) is 0 Å². The third-order valence-electron chi connectivity index (χ3n) is 3.47. The number of aromatic nitrogens is 2. The smallest absolute Gasteiger partial charge is 0.209 e. The Morgan fingerprint density at radius 1 is 1.29 bits per heavy atom. The van der Waals surface area contributed by atoms with Crippen molar-refractivity contribution < 1.29 is 8.42 Å². The topological polar surface area (TPSA) is 86.9 Å². The van der Waals surface area contributed by atoms with Crippen LogP contribution in [0.5, 0.6) is 0 Å². The molecule has 1 aliphatic rings. The second kappa shape index (κ2) is 5.59. The number of fused-ring (bicyclic) bond motifs is 1. The van der Waals surface area contributed by atoms with E-state index in [1.54, 1.807) is 0 Å². The lowest BCUT2D eigenvalue weighted by Crippen LogP contribution is -2.23. The predicted molar refractivity (Wildman–Crippen MR) is 81.1 cm³/mol. The van der Waals surface area contributed by atoms with E-state index in [0.29, 0.717) is 6.54 Å². The molecule has 0 bridgehead atoms. The van der Waals surface area contributed by atoms with Crippen molar-refractivity contribution in [2.24, 2.45) is 0 Å². The van der Waals surface area contributed by atoms with Crippen molar-refractivity contribution in [2.45, 2.75) is 19.5 Å². The number of hydrogen-bond acceptors (Lipinski definition) is 4. The highest BCUT2D eigenvalue weighted by Gasteiger charge is 2.14. The van der Waals surface area contributed by atoms with Crippen LogP contribution in [0.25, 0.3) is 11.4 Å². The van der Waals surface area contributed by atoms with Crippen LogP contribution in [-0.4, -0.2) is 31.2 Å². The number of nitrogens with zero attached hydrogens (tertiary/aromatic N) is 1. The van der Waals surface area contributed by atoms with Crippen LogP contribution in [0, 0.1) is 0 Å². The van der Waals surface area contributed by atoms with Gasteiger partial charge in [0.05, 0.1) is 17.6 Å². The van der Waals surface area contributed by atoms with Crippen molar-refractivity contribution in [2.75, 3.05) is 12.8 Å². The molecule has 0 fully saturated rings. The molecule has 6 nitrogen and oxygen atoms in total. The molecule has 112 valence electrons. The molecule has 0 aliphatic carbocycles. The second-order valence-corrected chi connectivity index (χ2v) is 7.06. The first-order valence-corrected chi connectivity index (χ1v) is 8.73. The molecule has 1 aromatic carbocycles. The Balaban J connectivity index is 1.76. The Labute approximate surface area is 124 Å². The van der Waals surface area contributed by atoms with E-state index in [9.17, 15) is 8.42 Å². The van der Waals surface area contributed by atoms with Crippen molar-refractivity contribution >= 4 is 10.0 Å². The van der Waals surface area contributed by atoms with Crippen molar-refractivity contribution in [3.8, 4) is 11.4 Å². The van der Waals surface area contributed by atoms with Gasteiger partial charge in [-0.25, -0.2) is 18.1 Å². The van der Waals surface area contributed by atoms with E-state index in [-0.39, 0.29) is 0 Å². The molecule has 0 radical (unpaired) electrons. The molecule has 1 aromatic heterocycles. The van der Waals surface area contributed by atoms with Gasteiger partial charge in [0.15, 0.2) is 0 Å². The normalized spacial score (nSPS) is 14.9. The lowest BCUT2D eigenvalue weighted by atomic mass is 10.1. The van der Waals surface area contributed by atoms with E-state index in [4.69, 9.17) is 0 Å². The summed E-state index contributed by atoms with van der Waals surface area (Å²) in [6.45, 7) is 2.10. The van der Waals surface area contributed by atoms with Crippen LogP contribution in [0.2, 0.25) is 0 Å². The summed E-state index contributed by atoms with van der Waals surface area (Å²) in [4.78, 5) is 7.97. The van der Waals surface area contributed by atoms with E-state index in [1.807, 2.05) is 24.3 Å². The molecule has 2 aromatic rings. The number of sulfonamides is 1. The molecule has 0 saturated heterocycles. The fraction of sp³-hybridized carbons (Fsp3) is 0.357. The molecule has 7 heteroatoms. The van der Waals surface area contributed by atoms with Crippen molar-refractivity contribution in [3.05, 3.63) is 41.2 Å². The molecule has 0 saturated carbocycles. The zero-order valence-corrected chi connectivity index (χ0v) is 12.6. The van der Waals surface area contributed by atoms with Gasteiger partial charge < -0.3 is 10.3 Å². The Morgan fingerprint density at radius 3 is 2.71 bits per heavy atom. The highest BCUT2D eigenvalue weighted by atomic mass is 32.2. The largest absolute Gasteiger partial charge is 0.341 e. The highest BCUT2D eigenvalue weighted by Crippen LogP contribution is 2.20. The number of hydrogen-bond donors (Lipinski definition) is 3. The summed E-state index contributed by atoms with van der Waals surface area (Å²) in [7, 11) is -3.16. The lowest BCUT2D eigenvalue weighted by Gasteiger charge is -2.09. The molecule has 3 N–H and O–H groups in total. The summed E-state index contributed by atoms with van der Waals surface area (Å²) in [6.07, 6.45) is 2.10. The number of benzene rings is 1. The average molecular weight is 306 g/mol. The van der Waals surface area contributed by atoms with Gasteiger partial charge in [-0.2, -0.15) is 0 Å². The monoisotopic (exact) mass is 306 g/mol. The molecule has 2 heterocycles. The SMILES string of the molecule is CS(=O)(=O)NCc1ccc(-c2nc3c([nH]2)CNCC3)cc1. The minimum atomic E-state index is -3.16. The number of imidazole rings is 1. The van der Waals surface area contributed by atoms with Gasteiger partial charge in [0, 0.05) is 31.6 Å². The van der Waals surface area contributed by atoms with Crippen LogP contribution in [0.4, 0.5) is 0 Å². The number of nitrogens with one attached hydrogen (secondary N) is 3. The first-order valence-electron chi connectivity index (χ1n) is 6.84. The zero-order valence-electron chi connectivity index (χ0n) is 11.8. The Kier molecular flexibility index (Phi) is 3.79. The summed E-state index contributed by atoms with van der Waals surface area (Å²) in [5.74, 6) is 0.867. The van der Waals surface area contributed by atoms with E-state index >= 15 is 0 Å². The molecule has 0 atom stereocenters. The van der Waals surface area contributed by atoms with Crippen LogP contribution < -0.4 is 10.0 Å². The maximum absolute atomic E-state index is 11.1. The van der Waals surface area contributed by atoms with E-state index in [1.165, 1.54) is 0 Å². The molecule has 21 heavy (non-hydrogen) atoms. The Bertz CT molecular complexity index is 711. The summed E-state index contributed by atoms with van der Waals surface area (Å²) in [5, 5.41) is 3.31. The maximum Gasteiger partial charge on any atom is 0.209 e. The van der Waals surface area contributed by atoms with Crippen molar-refractivity contribution in [1.29, 1.82) is 0 Å². The summed E-state index contributed by atoms with van der Waals surface area (Å²) in [6, 6.07) is 7.73. The third-order valence-corrected chi connectivity index (χ3v) is 4.14. The number of H-pyrrole nitrogens is 1. The highest BCUT2D eigenvalue weighted by molar-refractivity contribution is 7.88. The van der Waals surface area contributed by atoms with Crippen LogP contribution in [0.15, 0.2) is 24.3 Å². The third kappa shape index (κ3) is 3.49. The first-order chi connectivity index (χ1) is 10.0. The van der Waals surface area contributed by atoms with Gasteiger partial charge in [0.1, 0.15) is 5.82 Å². The minimum absolute atomic E-state index is 0.303. The van der Waals surface area contributed by atoms with Crippen LogP contribution in [0.3, 0.4) is 0 Å². The molecular formula is C14H18N4O2S. The Hall–Kier alpha value is -1.70. The molecule has 0 unspecified atom stereocenters. The molecule has 3 rings (SSSR count). The number of rotatable bonds is 4. The van der Waals surface area contributed by atoms with Crippen LogP contribution in [0.1, 0.15) is 17.0 Å². The second-order valence-electron chi connectivity index (χ2n) is 5.23. The van der Waals surface area contributed by atoms with E-state index < -0.39 is 10.0 Å². The van der Waals surface area contributed by atoms with Crippen molar-refractivity contribution in [1.82, 2.24) is 20.0 Å². The fourth-order valence-electron chi connectivity index (χ4n) is 2.35. The maximum atomic E-state index is 11.1. The summed E-state index contributed by atoms with van der Waals surface area (Å²) < 4.78 is 24.6. The van der Waals surface area contributed by atoms with Gasteiger partial charge in [-0.15, -0.1) is 0 Å². The van der Waals surface area contributed by atoms with Gasteiger partial charge in [-0.05, 0) is 5.56 Å². The molecular weight excluding hydrogens is 288 g/mol. The van der Waals surface area contributed by atoms with Gasteiger partial charge in [0.2, 0.25) is 10.0 Å². The molecule has 1 aliphatic heterocycles. The van der Waals surface area contributed by atoms with Crippen LogP contribution in [-0.2, 0) is 29.5 Å². The van der Waals surface area contributed by atoms with Gasteiger partial charge in [-0.1, -0.05) is 24.3 Å². The van der Waals surface area contributed by atoms with Gasteiger partial charge in [-0.3, -0.25) is 0 Å². The molecule has 0 spiro atoms. The molecule has 0 amide bonds. The fourth-order valence-corrected chi connectivity index (χ4v) is 2.78. The van der Waals surface area contributed by atoms with E-state index in [2.05, 4.69) is 20.0 Å². The predicted octanol–water partition coefficient (Wildman–Crippen LogP) is 0.772. The van der Waals surface area contributed by atoms with Gasteiger partial charge >= 0.3 is 0 Å². The summed E-state index contributed by atoms with van der Waals surface area (Å²) in [5.41, 5.74) is 4.21. The lowest BCUT2D eigenvalue weighted by molar-refractivity contribution is 0.587. The van der Waals surface area contributed by atoms with Crippen LogP contribution >= 0.6 is 0 Å². The Morgan fingerprint density at radius 2 is 2.05 bits per heavy atom. The van der Waals surface area contributed by atoms with E-state index in [0.717, 1.165) is 54.1 Å². The summed E-state index contributed by atoms with van der Waals surface area (Å²) >= 11 is 0. The zero-order chi connectivity index (χ0) is 14.9.